The van der Waals surface area contributed by atoms with E-state index < -0.39 is 0 Å². The van der Waals surface area contributed by atoms with Crippen molar-refractivity contribution < 1.29 is 0 Å². The molecule has 1 aliphatic rings. The summed E-state index contributed by atoms with van der Waals surface area (Å²) in [5.74, 6) is 0.589. The largest absolute Gasteiger partial charge is 0.303 e. The van der Waals surface area contributed by atoms with Crippen LogP contribution in [-0.2, 0) is 0 Å². The van der Waals surface area contributed by atoms with Gasteiger partial charge in [-0.25, -0.2) is 4.98 Å². The molecule has 0 amide bonds. The number of aromatic nitrogens is 1. The highest BCUT2D eigenvalue weighted by Crippen LogP contribution is 2.29. The molecule has 96 valence electrons. The Morgan fingerprint density at radius 1 is 1.47 bits per heavy atom. The lowest BCUT2D eigenvalue weighted by molar-refractivity contribution is 0.115. The second-order valence-corrected chi connectivity index (χ2v) is 6.07. The summed E-state index contributed by atoms with van der Waals surface area (Å²) in [5, 5.41) is 3.53. The van der Waals surface area contributed by atoms with Crippen LogP contribution in [0.1, 0.15) is 42.9 Å². The fourth-order valence-corrected chi connectivity index (χ4v) is 3.26. The molecular weight excluding hydrogens is 230 g/mol. The first-order valence-electron chi connectivity index (χ1n) is 6.46. The third-order valence-corrected chi connectivity index (χ3v) is 4.76. The first-order chi connectivity index (χ1) is 8.11. The number of hydrogen-bond acceptors (Lipinski definition) is 4. The first kappa shape index (κ1) is 13.0. The van der Waals surface area contributed by atoms with E-state index in [4.69, 9.17) is 4.98 Å². The molecule has 1 aliphatic heterocycles. The standard InChI is InChI=1S/C13H23N3S/c1-5-10(2)11-9-17-13(14-11)12-8-15(3)6-7-16(12)4/h9-10,12H,5-8H2,1-4H3. The van der Waals surface area contributed by atoms with Crippen molar-refractivity contribution in [1.29, 1.82) is 0 Å². The zero-order valence-corrected chi connectivity index (χ0v) is 12.1. The topological polar surface area (TPSA) is 19.4 Å². The minimum atomic E-state index is 0.483. The molecule has 17 heavy (non-hydrogen) atoms. The van der Waals surface area contributed by atoms with Crippen molar-refractivity contribution in [2.45, 2.75) is 32.2 Å². The Kier molecular flexibility index (Phi) is 4.17. The summed E-state index contributed by atoms with van der Waals surface area (Å²) in [6, 6.07) is 0.483. The highest BCUT2D eigenvalue weighted by Gasteiger charge is 2.26. The maximum Gasteiger partial charge on any atom is 0.111 e. The fourth-order valence-electron chi connectivity index (χ4n) is 2.17. The highest BCUT2D eigenvalue weighted by atomic mass is 32.1. The van der Waals surface area contributed by atoms with Gasteiger partial charge in [0, 0.05) is 25.0 Å². The van der Waals surface area contributed by atoms with Gasteiger partial charge in [-0.1, -0.05) is 13.8 Å². The third kappa shape index (κ3) is 2.87. The summed E-state index contributed by atoms with van der Waals surface area (Å²) in [7, 11) is 4.41. The zero-order valence-electron chi connectivity index (χ0n) is 11.3. The Hall–Kier alpha value is -0.450. The molecule has 2 atom stereocenters. The van der Waals surface area contributed by atoms with Crippen molar-refractivity contribution >= 4 is 11.3 Å². The Bertz CT molecular complexity index is 363. The van der Waals surface area contributed by atoms with Gasteiger partial charge in [0.25, 0.3) is 0 Å². The van der Waals surface area contributed by atoms with Crippen LogP contribution in [0.15, 0.2) is 5.38 Å². The van der Waals surface area contributed by atoms with E-state index in [1.807, 2.05) is 11.3 Å². The second-order valence-electron chi connectivity index (χ2n) is 5.18. The number of hydrogen-bond donors (Lipinski definition) is 0. The van der Waals surface area contributed by atoms with Gasteiger partial charge in [-0.2, -0.15) is 0 Å². The SMILES string of the molecule is CCC(C)c1csc(C2CN(C)CCN2C)n1. The van der Waals surface area contributed by atoms with Gasteiger partial charge in [0.15, 0.2) is 0 Å². The molecule has 4 heteroatoms. The van der Waals surface area contributed by atoms with E-state index in [0.29, 0.717) is 12.0 Å². The summed E-state index contributed by atoms with van der Waals surface area (Å²) in [6.45, 7) is 7.89. The van der Waals surface area contributed by atoms with Gasteiger partial charge in [-0.15, -0.1) is 11.3 Å². The molecule has 0 spiro atoms. The van der Waals surface area contributed by atoms with Gasteiger partial charge in [-0.3, -0.25) is 4.90 Å². The lowest BCUT2D eigenvalue weighted by Crippen LogP contribution is -2.44. The Labute approximate surface area is 108 Å². The Balaban J connectivity index is 2.13. The van der Waals surface area contributed by atoms with E-state index in [1.165, 1.54) is 17.1 Å². The maximum absolute atomic E-state index is 4.84. The Morgan fingerprint density at radius 2 is 2.24 bits per heavy atom. The minimum absolute atomic E-state index is 0.483. The maximum atomic E-state index is 4.84. The van der Waals surface area contributed by atoms with E-state index in [9.17, 15) is 0 Å². The lowest BCUT2D eigenvalue weighted by Gasteiger charge is -2.36. The zero-order chi connectivity index (χ0) is 12.4. The van der Waals surface area contributed by atoms with Crippen LogP contribution in [0.2, 0.25) is 0 Å². The van der Waals surface area contributed by atoms with Crippen LogP contribution in [0.5, 0.6) is 0 Å². The molecule has 1 fully saturated rings. The van der Waals surface area contributed by atoms with Crippen LogP contribution < -0.4 is 0 Å². The van der Waals surface area contributed by atoms with Crippen LogP contribution in [0, 0.1) is 0 Å². The third-order valence-electron chi connectivity index (χ3n) is 3.79. The van der Waals surface area contributed by atoms with E-state index >= 15 is 0 Å². The average Bonchev–Trinajstić information content (AvgIpc) is 2.80. The van der Waals surface area contributed by atoms with E-state index in [1.54, 1.807) is 0 Å². The van der Waals surface area contributed by atoms with E-state index in [0.717, 1.165) is 19.6 Å². The summed E-state index contributed by atoms with van der Waals surface area (Å²) in [6.07, 6.45) is 1.17. The molecule has 1 saturated heterocycles. The predicted octanol–water partition coefficient (Wildman–Crippen LogP) is 2.57. The molecule has 2 heterocycles. The van der Waals surface area contributed by atoms with Crippen LogP contribution in [0.4, 0.5) is 0 Å². The molecule has 2 rings (SSSR count). The molecule has 0 bridgehead atoms. The van der Waals surface area contributed by atoms with Gasteiger partial charge in [0.05, 0.1) is 11.7 Å². The first-order valence-corrected chi connectivity index (χ1v) is 7.33. The normalized spacial score (nSPS) is 25.1. The number of rotatable bonds is 3. The summed E-state index contributed by atoms with van der Waals surface area (Å²) < 4.78 is 0. The summed E-state index contributed by atoms with van der Waals surface area (Å²) in [4.78, 5) is 9.67. The number of thiazole rings is 1. The second kappa shape index (κ2) is 5.46. The van der Waals surface area contributed by atoms with Gasteiger partial charge >= 0.3 is 0 Å². The summed E-state index contributed by atoms with van der Waals surface area (Å²) in [5.41, 5.74) is 1.27. The number of piperazine rings is 1. The number of likely N-dealkylation sites (N-methyl/N-ethyl adjacent to an activating group) is 2. The molecule has 0 aliphatic carbocycles. The van der Waals surface area contributed by atoms with Crippen molar-refractivity contribution in [1.82, 2.24) is 14.8 Å². The van der Waals surface area contributed by atoms with E-state index in [-0.39, 0.29) is 0 Å². The van der Waals surface area contributed by atoms with Gasteiger partial charge in [-0.05, 0) is 26.4 Å². The monoisotopic (exact) mass is 253 g/mol. The molecule has 0 aromatic carbocycles. The smallest absolute Gasteiger partial charge is 0.111 e. The van der Waals surface area contributed by atoms with Crippen molar-refractivity contribution in [2.24, 2.45) is 0 Å². The van der Waals surface area contributed by atoms with Crippen molar-refractivity contribution in [2.75, 3.05) is 33.7 Å². The van der Waals surface area contributed by atoms with Crippen molar-refractivity contribution in [3.05, 3.63) is 16.1 Å². The predicted molar refractivity (Wildman–Crippen MR) is 73.7 cm³/mol. The van der Waals surface area contributed by atoms with E-state index in [2.05, 4.69) is 43.1 Å². The highest BCUT2D eigenvalue weighted by molar-refractivity contribution is 7.09. The fraction of sp³-hybridized carbons (Fsp3) is 0.769. The molecular formula is C13H23N3S. The van der Waals surface area contributed by atoms with Crippen LogP contribution >= 0.6 is 11.3 Å². The van der Waals surface area contributed by atoms with Gasteiger partial charge in [0.1, 0.15) is 5.01 Å². The average molecular weight is 253 g/mol. The lowest BCUT2D eigenvalue weighted by atomic mass is 10.1. The molecule has 3 nitrogen and oxygen atoms in total. The molecule has 1 aromatic heterocycles. The van der Waals surface area contributed by atoms with Crippen LogP contribution in [0.25, 0.3) is 0 Å². The minimum Gasteiger partial charge on any atom is -0.303 e. The molecule has 0 radical (unpaired) electrons. The Morgan fingerprint density at radius 3 is 2.94 bits per heavy atom. The van der Waals surface area contributed by atoms with Gasteiger partial charge < -0.3 is 4.90 Å². The molecule has 0 N–H and O–H groups in total. The molecule has 1 aromatic rings. The van der Waals surface area contributed by atoms with Crippen molar-refractivity contribution in [3.63, 3.8) is 0 Å². The van der Waals surface area contributed by atoms with Crippen molar-refractivity contribution in [3.8, 4) is 0 Å². The van der Waals surface area contributed by atoms with Gasteiger partial charge in [0.2, 0.25) is 0 Å². The van der Waals surface area contributed by atoms with Crippen LogP contribution in [0.3, 0.4) is 0 Å². The van der Waals surface area contributed by atoms with Crippen LogP contribution in [-0.4, -0.2) is 48.5 Å². The number of nitrogens with zero attached hydrogens (tertiary/aromatic N) is 3. The molecule has 0 saturated carbocycles. The summed E-state index contributed by atoms with van der Waals surface area (Å²) >= 11 is 1.83. The molecule has 2 unspecified atom stereocenters. The quantitative estimate of drug-likeness (QED) is 0.825.